The third-order valence-corrected chi connectivity index (χ3v) is 7.88. The van der Waals surface area contributed by atoms with Gasteiger partial charge in [-0.3, -0.25) is 9.59 Å². The molecule has 3 atom stereocenters. The van der Waals surface area contributed by atoms with Crippen molar-refractivity contribution >= 4 is 33.4 Å². The molecule has 0 bridgehead atoms. The Morgan fingerprint density at radius 2 is 1.89 bits per heavy atom. The molecule has 0 spiro atoms. The zero-order valence-electron chi connectivity index (χ0n) is 15.8. The molecule has 2 amide bonds. The van der Waals surface area contributed by atoms with Crippen molar-refractivity contribution in [2.75, 3.05) is 13.1 Å². The number of hydrogen-bond donors (Lipinski definition) is 2. The van der Waals surface area contributed by atoms with Crippen LogP contribution in [0.15, 0.2) is 17.0 Å². The Bertz CT molecular complexity index is 920. The van der Waals surface area contributed by atoms with Crippen LogP contribution in [0.4, 0.5) is 0 Å². The highest BCUT2D eigenvalue weighted by molar-refractivity contribution is 7.89. The van der Waals surface area contributed by atoms with Crippen LogP contribution in [0.2, 0.25) is 5.02 Å². The standard InChI is InChI=1S/C18H24ClN3O5S/c1-10-7-16(11(2)6-13(10)19)28(26,27)22-5-3-4-14(22)18(25)21-9-12(23)8-15(21)17(20)24/h6-7,12,14-15,23H,3-5,8-9H2,1-2H3,(H2,20,24)/t12-,14-,15+/m1/s1. The van der Waals surface area contributed by atoms with E-state index in [-0.39, 0.29) is 24.4 Å². The molecule has 3 rings (SSSR count). The van der Waals surface area contributed by atoms with Gasteiger partial charge in [0.2, 0.25) is 21.8 Å². The number of aliphatic hydroxyl groups is 1. The van der Waals surface area contributed by atoms with Crippen molar-refractivity contribution in [2.24, 2.45) is 5.73 Å². The number of primary amides is 1. The molecule has 2 saturated heterocycles. The zero-order valence-corrected chi connectivity index (χ0v) is 17.3. The number of sulfonamides is 1. The van der Waals surface area contributed by atoms with Gasteiger partial charge in [0.05, 0.1) is 11.0 Å². The molecule has 1 aromatic rings. The summed E-state index contributed by atoms with van der Waals surface area (Å²) in [5.74, 6) is -1.20. The number of likely N-dealkylation sites (tertiary alicyclic amines) is 1. The quantitative estimate of drug-likeness (QED) is 0.724. The number of carbonyl (C=O) groups excluding carboxylic acids is 2. The second-order valence-corrected chi connectivity index (χ2v) is 9.71. The third kappa shape index (κ3) is 3.63. The predicted molar refractivity (Wildman–Crippen MR) is 103 cm³/mol. The molecule has 0 saturated carbocycles. The fraction of sp³-hybridized carbons (Fsp3) is 0.556. The van der Waals surface area contributed by atoms with Crippen LogP contribution < -0.4 is 5.73 Å². The van der Waals surface area contributed by atoms with Crippen molar-refractivity contribution in [1.29, 1.82) is 0 Å². The van der Waals surface area contributed by atoms with Crippen LogP contribution in [0.25, 0.3) is 0 Å². The van der Waals surface area contributed by atoms with Crippen LogP contribution in [0, 0.1) is 13.8 Å². The number of β-amino-alcohol motifs (C(OH)–C–C–N with tert-alkyl or cyclic N) is 1. The van der Waals surface area contributed by atoms with Gasteiger partial charge >= 0.3 is 0 Å². The lowest BCUT2D eigenvalue weighted by Crippen LogP contribution is -2.52. The highest BCUT2D eigenvalue weighted by atomic mass is 35.5. The lowest BCUT2D eigenvalue weighted by atomic mass is 10.1. The molecule has 0 radical (unpaired) electrons. The summed E-state index contributed by atoms with van der Waals surface area (Å²) in [4.78, 5) is 26.1. The molecule has 0 aliphatic carbocycles. The Morgan fingerprint density at radius 1 is 1.21 bits per heavy atom. The summed E-state index contributed by atoms with van der Waals surface area (Å²) in [7, 11) is -3.94. The van der Waals surface area contributed by atoms with Gasteiger partial charge in [-0.2, -0.15) is 4.31 Å². The van der Waals surface area contributed by atoms with Crippen LogP contribution in [0.1, 0.15) is 30.4 Å². The maximum atomic E-state index is 13.3. The fourth-order valence-electron chi connectivity index (χ4n) is 3.95. The van der Waals surface area contributed by atoms with Crippen molar-refractivity contribution in [3.05, 3.63) is 28.3 Å². The first-order chi connectivity index (χ1) is 13.0. The van der Waals surface area contributed by atoms with Gasteiger partial charge in [0.15, 0.2) is 0 Å². The highest BCUT2D eigenvalue weighted by Gasteiger charge is 2.46. The number of benzene rings is 1. The number of aliphatic hydroxyl groups excluding tert-OH is 1. The summed E-state index contributed by atoms with van der Waals surface area (Å²) in [6.07, 6.45) is 0.0884. The molecule has 0 aromatic heterocycles. The van der Waals surface area contributed by atoms with Crippen molar-refractivity contribution in [3.63, 3.8) is 0 Å². The lowest BCUT2D eigenvalue weighted by Gasteiger charge is -2.30. The molecule has 2 aliphatic rings. The molecule has 154 valence electrons. The summed E-state index contributed by atoms with van der Waals surface area (Å²) < 4.78 is 27.8. The first kappa shape index (κ1) is 21.0. The summed E-state index contributed by atoms with van der Waals surface area (Å²) in [5.41, 5.74) is 6.49. The normalized spacial score (nSPS) is 26.0. The van der Waals surface area contributed by atoms with Crippen LogP contribution in [-0.4, -0.2) is 65.8 Å². The maximum absolute atomic E-state index is 13.3. The van der Waals surface area contributed by atoms with E-state index in [2.05, 4.69) is 0 Å². The Kier molecular flexibility index (Phi) is 5.73. The molecule has 8 nitrogen and oxygen atoms in total. The van der Waals surface area contributed by atoms with Gasteiger partial charge in [0, 0.05) is 24.5 Å². The molecule has 2 aliphatic heterocycles. The first-order valence-corrected chi connectivity index (χ1v) is 10.9. The van der Waals surface area contributed by atoms with E-state index >= 15 is 0 Å². The van der Waals surface area contributed by atoms with Crippen LogP contribution in [0.3, 0.4) is 0 Å². The smallest absolute Gasteiger partial charge is 0.244 e. The second kappa shape index (κ2) is 7.62. The minimum atomic E-state index is -3.94. The molecule has 2 heterocycles. The summed E-state index contributed by atoms with van der Waals surface area (Å²) >= 11 is 6.08. The monoisotopic (exact) mass is 429 g/mol. The number of aryl methyl sites for hydroxylation is 2. The molecule has 1 aromatic carbocycles. The van der Waals surface area contributed by atoms with Gasteiger partial charge in [0.25, 0.3) is 0 Å². The van der Waals surface area contributed by atoms with Crippen molar-refractivity contribution in [2.45, 2.75) is 56.2 Å². The van der Waals surface area contributed by atoms with Gasteiger partial charge in [-0.05, 0) is 49.9 Å². The van der Waals surface area contributed by atoms with Crippen molar-refractivity contribution in [1.82, 2.24) is 9.21 Å². The van der Waals surface area contributed by atoms with E-state index in [0.717, 1.165) is 0 Å². The Balaban J connectivity index is 1.93. The molecule has 0 unspecified atom stereocenters. The van der Waals surface area contributed by atoms with E-state index in [1.165, 1.54) is 15.3 Å². The largest absolute Gasteiger partial charge is 0.391 e. The summed E-state index contributed by atoms with van der Waals surface area (Å²) in [6, 6.07) is 1.26. The lowest BCUT2D eigenvalue weighted by molar-refractivity contribution is -0.140. The fourth-order valence-corrected chi connectivity index (χ4v) is 6.11. The van der Waals surface area contributed by atoms with E-state index in [4.69, 9.17) is 17.3 Å². The van der Waals surface area contributed by atoms with E-state index in [9.17, 15) is 23.1 Å². The van der Waals surface area contributed by atoms with Crippen molar-refractivity contribution in [3.8, 4) is 0 Å². The second-order valence-electron chi connectivity index (χ2n) is 7.44. The van der Waals surface area contributed by atoms with E-state index < -0.39 is 40.0 Å². The molecule has 28 heavy (non-hydrogen) atoms. The van der Waals surface area contributed by atoms with Gasteiger partial charge in [-0.1, -0.05) is 11.6 Å². The predicted octanol–water partition coefficient (Wildman–Crippen LogP) is 0.557. The summed E-state index contributed by atoms with van der Waals surface area (Å²) in [5, 5.41) is 10.3. The SMILES string of the molecule is Cc1cc(S(=O)(=O)N2CCC[C@@H]2C(=O)N2C[C@H](O)C[C@H]2C(N)=O)c(C)cc1Cl. The Morgan fingerprint density at radius 3 is 2.54 bits per heavy atom. The minimum Gasteiger partial charge on any atom is -0.391 e. The minimum absolute atomic E-state index is 0.0318. The third-order valence-electron chi connectivity index (χ3n) is 5.42. The Labute approximate surface area is 169 Å². The van der Waals surface area contributed by atoms with Gasteiger partial charge in [-0.25, -0.2) is 8.42 Å². The molecule has 3 N–H and O–H groups in total. The van der Waals surface area contributed by atoms with E-state index in [1.54, 1.807) is 19.9 Å². The molecule has 10 heteroatoms. The van der Waals surface area contributed by atoms with Crippen LogP contribution in [0.5, 0.6) is 0 Å². The first-order valence-electron chi connectivity index (χ1n) is 9.10. The Hall–Kier alpha value is -1.68. The van der Waals surface area contributed by atoms with E-state index in [1.807, 2.05) is 0 Å². The van der Waals surface area contributed by atoms with E-state index in [0.29, 0.717) is 29.0 Å². The van der Waals surface area contributed by atoms with Crippen molar-refractivity contribution < 1.29 is 23.1 Å². The maximum Gasteiger partial charge on any atom is 0.244 e. The zero-order chi connectivity index (χ0) is 20.8. The number of carbonyl (C=O) groups is 2. The molecular formula is C18H24ClN3O5S. The number of halogens is 1. The molecular weight excluding hydrogens is 406 g/mol. The number of rotatable bonds is 4. The average Bonchev–Trinajstić information content (AvgIpc) is 3.24. The van der Waals surface area contributed by atoms with Gasteiger partial charge in [-0.15, -0.1) is 0 Å². The average molecular weight is 430 g/mol. The number of amides is 2. The number of nitrogens with zero attached hydrogens (tertiary/aromatic N) is 2. The number of hydrogen-bond acceptors (Lipinski definition) is 5. The van der Waals surface area contributed by atoms with Gasteiger partial charge < -0.3 is 15.7 Å². The van der Waals surface area contributed by atoms with Crippen LogP contribution in [-0.2, 0) is 19.6 Å². The molecule has 2 fully saturated rings. The highest BCUT2D eigenvalue weighted by Crippen LogP contribution is 2.32. The number of nitrogens with two attached hydrogens (primary N) is 1. The topological polar surface area (TPSA) is 121 Å². The van der Waals surface area contributed by atoms with Gasteiger partial charge in [0.1, 0.15) is 12.1 Å². The van der Waals surface area contributed by atoms with Crippen LogP contribution >= 0.6 is 11.6 Å². The summed E-state index contributed by atoms with van der Waals surface area (Å²) in [6.45, 7) is 3.55.